The van der Waals surface area contributed by atoms with Crippen LogP contribution < -0.4 is 5.73 Å². The molecule has 0 saturated carbocycles. The van der Waals surface area contributed by atoms with Gasteiger partial charge in [-0.3, -0.25) is 0 Å². The summed E-state index contributed by atoms with van der Waals surface area (Å²) in [6.45, 7) is 1.90. The molecule has 5 nitrogen and oxygen atoms in total. The van der Waals surface area contributed by atoms with Crippen LogP contribution in [0, 0.1) is 0 Å². The minimum absolute atomic E-state index is 0.394. The van der Waals surface area contributed by atoms with Crippen molar-refractivity contribution in [2.24, 2.45) is 5.73 Å². The molecule has 21 heavy (non-hydrogen) atoms. The lowest BCUT2D eigenvalue weighted by atomic mass is 10.1. The summed E-state index contributed by atoms with van der Waals surface area (Å²) in [4.78, 5) is 3.59. The number of rotatable bonds is 5. The highest BCUT2D eigenvalue weighted by atomic mass is 32.2. The predicted molar refractivity (Wildman–Crippen MR) is 83.7 cm³/mol. The van der Waals surface area contributed by atoms with E-state index in [1.54, 1.807) is 16.4 Å². The number of aromatic nitrogens is 1. The Kier molecular flexibility index (Phi) is 4.01. The van der Waals surface area contributed by atoms with Gasteiger partial charge in [-0.2, -0.15) is 4.31 Å². The van der Waals surface area contributed by atoms with Crippen LogP contribution in [0.5, 0.6) is 0 Å². The second-order valence-corrected chi connectivity index (χ2v) is 7.46. The number of aryl methyl sites for hydroxylation is 1. The zero-order chi connectivity index (χ0) is 14.9. The molecule has 0 aliphatic carbocycles. The molecule has 114 valence electrons. The first-order valence-corrected chi connectivity index (χ1v) is 8.87. The molecule has 1 aromatic heterocycles. The van der Waals surface area contributed by atoms with E-state index in [-0.39, 0.29) is 0 Å². The normalized spacial score (nSPS) is 16.8. The van der Waals surface area contributed by atoms with Crippen LogP contribution in [0.15, 0.2) is 29.3 Å². The molecule has 3 rings (SSSR count). The first kappa shape index (κ1) is 14.6. The van der Waals surface area contributed by atoms with E-state index in [1.165, 1.54) is 0 Å². The van der Waals surface area contributed by atoms with Gasteiger partial charge in [0.25, 0.3) is 0 Å². The average Bonchev–Trinajstić information content (AvgIpc) is 3.14. The van der Waals surface area contributed by atoms with E-state index >= 15 is 0 Å². The number of H-pyrrole nitrogens is 1. The summed E-state index contributed by atoms with van der Waals surface area (Å²) in [5, 5.41) is 0.990. The van der Waals surface area contributed by atoms with Crippen LogP contribution in [0.25, 0.3) is 10.9 Å². The van der Waals surface area contributed by atoms with Crippen molar-refractivity contribution in [1.29, 1.82) is 0 Å². The quantitative estimate of drug-likeness (QED) is 0.884. The van der Waals surface area contributed by atoms with Crippen molar-refractivity contribution in [2.45, 2.75) is 30.6 Å². The highest BCUT2D eigenvalue weighted by Crippen LogP contribution is 2.26. The van der Waals surface area contributed by atoms with Gasteiger partial charge in [0.1, 0.15) is 0 Å². The zero-order valence-corrected chi connectivity index (χ0v) is 12.8. The van der Waals surface area contributed by atoms with Crippen LogP contribution in [0.1, 0.15) is 24.8 Å². The molecular formula is C15H21N3O2S. The van der Waals surface area contributed by atoms with Crippen molar-refractivity contribution in [2.75, 3.05) is 19.6 Å². The minimum Gasteiger partial charge on any atom is -0.361 e. The van der Waals surface area contributed by atoms with Crippen molar-refractivity contribution in [3.8, 4) is 0 Å². The van der Waals surface area contributed by atoms with Crippen LogP contribution in [0.4, 0.5) is 0 Å². The number of nitrogens with two attached hydrogens (primary N) is 1. The van der Waals surface area contributed by atoms with Crippen LogP contribution in [-0.2, 0) is 16.4 Å². The molecule has 0 atom stereocenters. The highest BCUT2D eigenvalue weighted by molar-refractivity contribution is 7.89. The number of aromatic amines is 1. The Hall–Kier alpha value is -1.37. The Morgan fingerprint density at radius 3 is 2.71 bits per heavy atom. The van der Waals surface area contributed by atoms with Crippen LogP contribution in [0.3, 0.4) is 0 Å². The SMILES string of the molecule is NCCCc1c[nH]c2ccc(S(=O)(=O)N3CCCC3)cc12. The smallest absolute Gasteiger partial charge is 0.243 e. The fraction of sp³-hybridized carbons (Fsp3) is 0.467. The maximum absolute atomic E-state index is 12.6. The monoisotopic (exact) mass is 307 g/mol. The molecule has 1 aliphatic heterocycles. The third-order valence-corrected chi connectivity index (χ3v) is 5.99. The number of benzene rings is 1. The van der Waals surface area contributed by atoms with Crippen LogP contribution >= 0.6 is 0 Å². The lowest BCUT2D eigenvalue weighted by molar-refractivity contribution is 0.477. The summed E-state index contributed by atoms with van der Waals surface area (Å²) in [6, 6.07) is 5.34. The molecular weight excluding hydrogens is 286 g/mol. The Balaban J connectivity index is 1.99. The fourth-order valence-electron chi connectivity index (χ4n) is 2.89. The maximum atomic E-state index is 12.6. The molecule has 1 aliphatic rings. The van der Waals surface area contributed by atoms with Gasteiger partial charge in [-0.15, -0.1) is 0 Å². The number of sulfonamides is 1. The molecule has 1 fully saturated rings. The topological polar surface area (TPSA) is 79.2 Å². The van der Waals surface area contributed by atoms with E-state index in [2.05, 4.69) is 4.98 Å². The van der Waals surface area contributed by atoms with Crippen molar-refractivity contribution >= 4 is 20.9 Å². The van der Waals surface area contributed by atoms with Gasteiger partial charge in [0.05, 0.1) is 4.90 Å². The molecule has 3 N–H and O–H groups in total. The maximum Gasteiger partial charge on any atom is 0.243 e. The summed E-state index contributed by atoms with van der Waals surface area (Å²) in [5.74, 6) is 0. The lowest BCUT2D eigenvalue weighted by Crippen LogP contribution is -2.27. The molecule has 2 aromatic rings. The Labute approximate surface area is 125 Å². The highest BCUT2D eigenvalue weighted by Gasteiger charge is 2.27. The number of nitrogens with zero attached hydrogens (tertiary/aromatic N) is 1. The number of nitrogens with one attached hydrogen (secondary N) is 1. The van der Waals surface area contributed by atoms with Crippen molar-refractivity contribution in [3.05, 3.63) is 30.0 Å². The lowest BCUT2D eigenvalue weighted by Gasteiger charge is -2.15. The van der Waals surface area contributed by atoms with E-state index in [4.69, 9.17) is 5.73 Å². The molecule has 0 unspecified atom stereocenters. The van der Waals surface area contributed by atoms with E-state index in [1.807, 2.05) is 12.3 Å². The summed E-state index contributed by atoms with van der Waals surface area (Å²) >= 11 is 0. The second-order valence-electron chi connectivity index (χ2n) is 5.52. The van der Waals surface area contributed by atoms with Gasteiger partial charge in [-0.1, -0.05) is 0 Å². The minimum atomic E-state index is -3.35. The third kappa shape index (κ3) is 2.71. The largest absolute Gasteiger partial charge is 0.361 e. The Morgan fingerprint density at radius 1 is 1.24 bits per heavy atom. The van der Waals surface area contributed by atoms with Crippen molar-refractivity contribution in [3.63, 3.8) is 0 Å². The number of hydrogen-bond acceptors (Lipinski definition) is 3. The summed E-state index contributed by atoms with van der Waals surface area (Å²) in [7, 11) is -3.35. The summed E-state index contributed by atoms with van der Waals surface area (Å²) in [6.07, 6.45) is 5.62. The van der Waals surface area contributed by atoms with Crippen molar-refractivity contribution in [1.82, 2.24) is 9.29 Å². The van der Waals surface area contributed by atoms with Gasteiger partial charge >= 0.3 is 0 Å². The Morgan fingerprint density at radius 2 is 2.00 bits per heavy atom. The van der Waals surface area contributed by atoms with Gasteiger partial charge < -0.3 is 10.7 Å². The predicted octanol–water partition coefficient (Wildman–Crippen LogP) is 1.84. The van der Waals surface area contributed by atoms with Crippen molar-refractivity contribution < 1.29 is 8.42 Å². The molecule has 1 saturated heterocycles. The first-order chi connectivity index (χ1) is 10.1. The number of hydrogen-bond donors (Lipinski definition) is 2. The average molecular weight is 307 g/mol. The zero-order valence-electron chi connectivity index (χ0n) is 12.0. The molecule has 0 spiro atoms. The molecule has 6 heteroatoms. The van der Waals surface area contributed by atoms with Gasteiger partial charge in [0, 0.05) is 30.2 Å². The van der Waals surface area contributed by atoms with Crippen LogP contribution in [-0.4, -0.2) is 37.3 Å². The third-order valence-electron chi connectivity index (χ3n) is 4.09. The number of fused-ring (bicyclic) bond motifs is 1. The van der Waals surface area contributed by atoms with E-state index in [0.29, 0.717) is 24.5 Å². The van der Waals surface area contributed by atoms with Gasteiger partial charge in [-0.25, -0.2) is 8.42 Å². The molecule has 1 aromatic carbocycles. The Bertz CT molecular complexity index is 730. The van der Waals surface area contributed by atoms with Gasteiger partial charge in [0.2, 0.25) is 10.0 Å². The summed E-state index contributed by atoms with van der Waals surface area (Å²) < 4.78 is 26.8. The molecule has 2 heterocycles. The first-order valence-electron chi connectivity index (χ1n) is 7.43. The standard InChI is InChI=1S/C15H21N3O2S/c16-7-3-4-12-11-17-15-6-5-13(10-14(12)15)21(19,20)18-8-1-2-9-18/h5-6,10-11,17H,1-4,7-9,16H2. The van der Waals surface area contributed by atoms with E-state index < -0.39 is 10.0 Å². The molecule has 0 radical (unpaired) electrons. The van der Waals surface area contributed by atoms with Crippen LogP contribution in [0.2, 0.25) is 0 Å². The van der Waals surface area contributed by atoms with Gasteiger partial charge in [0.15, 0.2) is 0 Å². The van der Waals surface area contributed by atoms with E-state index in [9.17, 15) is 8.42 Å². The molecule has 0 amide bonds. The summed E-state index contributed by atoms with van der Waals surface area (Å²) in [5.41, 5.74) is 7.67. The van der Waals surface area contributed by atoms with E-state index in [0.717, 1.165) is 42.1 Å². The molecule has 0 bridgehead atoms. The second kappa shape index (κ2) is 5.79. The fourth-order valence-corrected chi connectivity index (χ4v) is 4.44. The van der Waals surface area contributed by atoms with Gasteiger partial charge in [-0.05, 0) is 56.0 Å².